The number of fused-ring (bicyclic) bond motifs is 3. The molecule has 0 saturated carbocycles. The largest absolute Gasteiger partial charge is 0.331 e. The van der Waals surface area contributed by atoms with Crippen LogP contribution in [0.3, 0.4) is 0 Å². The minimum atomic E-state index is -0.296. The molecule has 4 rings (SSSR count). The number of halogens is 1. The normalized spacial score (nSPS) is 20.5. The summed E-state index contributed by atoms with van der Waals surface area (Å²) in [5.41, 5.74) is 3.07. The molecule has 0 bridgehead atoms. The number of hydrogen-bond acceptors (Lipinski definition) is 2. The summed E-state index contributed by atoms with van der Waals surface area (Å²) in [5, 5.41) is 0. The van der Waals surface area contributed by atoms with Crippen LogP contribution in [0.15, 0.2) is 48.5 Å². The van der Waals surface area contributed by atoms with Gasteiger partial charge in [0, 0.05) is 24.9 Å². The van der Waals surface area contributed by atoms with E-state index in [1.54, 1.807) is 11.0 Å². The Morgan fingerprint density at radius 2 is 1.96 bits per heavy atom. The summed E-state index contributed by atoms with van der Waals surface area (Å²) in [6.45, 7) is 5.62. The fraction of sp³-hybridized carbons (Fsp3) is 0.391. The van der Waals surface area contributed by atoms with Crippen LogP contribution in [0.1, 0.15) is 43.0 Å². The highest BCUT2D eigenvalue weighted by molar-refractivity contribution is 5.87. The van der Waals surface area contributed by atoms with Crippen molar-refractivity contribution in [2.75, 3.05) is 19.6 Å². The minimum absolute atomic E-state index is 0.00191. The van der Waals surface area contributed by atoms with E-state index in [0.717, 1.165) is 11.1 Å². The highest BCUT2D eigenvalue weighted by Crippen LogP contribution is 2.41. The Morgan fingerprint density at radius 3 is 2.75 bits per heavy atom. The topological polar surface area (TPSA) is 40.6 Å². The van der Waals surface area contributed by atoms with Gasteiger partial charge in [-0.25, -0.2) is 4.39 Å². The van der Waals surface area contributed by atoms with Crippen molar-refractivity contribution in [2.45, 2.75) is 38.1 Å². The van der Waals surface area contributed by atoms with Crippen LogP contribution in [0.5, 0.6) is 0 Å². The molecule has 4 nitrogen and oxygen atoms in total. The lowest BCUT2D eigenvalue weighted by atomic mass is 9.75. The molecule has 0 spiro atoms. The summed E-state index contributed by atoms with van der Waals surface area (Å²) in [6.07, 6.45) is 0.746. The number of benzene rings is 2. The third-order valence-electron chi connectivity index (χ3n) is 5.90. The number of amides is 2. The maximum atomic E-state index is 13.3. The molecule has 2 aliphatic rings. The van der Waals surface area contributed by atoms with Crippen LogP contribution in [0, 0.1) is 5.82 Å². The predicted molar refractivity (Wildman–Crippen MR) is 105 cm³/mol. The van der Waals surface area contributed by atoms with E-state index in [0.29, 0.717) is 19.5 Å². The van der Waals surface area contributed by atoms with Crippen LogP contribution >= 0.6 is 0 Å². The second kappa shape index (κ2) is 7.04. The fourth-order valence-electron chi connectivity index (χ4n) is 4.47. The van der Waals surface area contributed by atoms with Crippen molar-refractivity contribution in [2.24, 2.45) is 0 Å². The summed E-state index contributed by atoms with van der Waals surface area (Å²) in [7, 11) is 0. The quantitative estimate of drug-likeness (QED) is 0.818. The number of rotatable bonds is 3. The molecular formula is C23H25FN2O2. The van der Waals surface area contributed by atoms with Crippen LogP contribution in [-0.2, 0) is 21.4 Å². The van der Waals surface area contributed by atoms with Crippen molar-refractivity contribution in [3.05, 3.63) is 71.0 Å². The van der Waals surface area contributed by atoms with E-state index in [9.17, 15) is 14.0 Å². The summed E-state index contributed by atoms with van der Waals surface area (Å²) in [4.78, 5) is 29.2. The Labute approximate surface area is 164 Å². The van der Waals surface area contributed by atoms with Crippen LogP contribution in [0.2, 0.25) is 0 Å². The molecular weight excluding hydrogens is 355 g/mol. The SMILES string of the molecule is CC1(C)CN2C(=O)CN(C(=O)CCc3cccc(F)c3)CC2c2ccccc21. The summed E-state index contributed by atoms with van der Waals surface area (Å²) in [6, 6.07) is 14.4. The van der Waals surface area contributed by atoms with Gasteiger partial charge in [0.25, 0.3) is 0 Å². The van der Waals surface area contributed by atoms with Crippen molar-refractivity contribution < 1.29 is 14.0 Å². The van der Waals surface area contributed by atoms with Crippen LogP contribution < -0.4 is 0 Å². The van der Waals surface area contributed by atoms with E-state index in [1.807, 2.05) is 23.1 Å². The maximum absolute atomic E-state index is 13.3. The van der Waals surface area contributed by atoms with E-state index < -0.39 is 0 Å². The molecule has 0 radical (unpaired) electrons. The van der Waals surface area contributed by atoms with Gasteiger partial charge < -0.3 is 9.80 Å². The average Bonchev–Trinajstić information content (AvgIpc) is 2.67. The van der Waals surface area contributed by atoms with Gasteiger partial charge in [-0.3, -0.25) is 9.59 Å². The molecule has 5 heteroatoms. The first-order valence-electron chi connectivity index (χ1n) is 9.76. The van der Waals surface area contributed by atoms with E-state index in [-0.39, 0.29) is 42.1 Å². The molecule has 146 valence electrons. The number of piperazine rings is 1. The molecule has 2 heterocycles. The molecule has 2 aromatic carbocycles. The zero-order chi connectivity index (χ0) is 19.9. The van der Waals surface area contributed by atoms with Gasteiger partial charge in [-0.2, -0.15) is 0 Å². The third-order valence-corrected chi connectivity index (χ3v) is 5.90. The monoisotopic (exact) mass is 380 g/mol. The first kappa shape index (κ1) is 18.7. The van der Waals surface area contributed by atoms with Gasteiger partial charge in [0.05, 0.1) is 12.6 Å². The lowest BCUT2D eigenvalue weighted by Crippen LogP contribution is -2.58. The molecule has 0 N–H and O–H groups in total. The zero-order valence-corrected chi connectivity index (χ0v) is 16.3. The van der Waals surface area contributed by atoms with Gasteiger partial charge in [-0.15, -0.1) is 0 Å². The van der Waals surface area contributed by atoms with Gasteiger partial charge >= 0.3 is 0 Å². The van der Waals surface area contributed by atoms with Gasteiger partial charge in [0.1, 0.15) is 5.82 Å². The van der Waals surface area contributed by atoms with E-state index in [1.165, 1.54) is 17.7 Å². The molecule has 1 saturated heterocycles. The van der Waals surface area contributed by atoms with Crippen LogP contribution in [0.4, 0.5) is 4.39 Å². The molecule has 1 fully saturated rings. The molecule has 0 aliphatic carbocycles. The van der Waals surface area contributed by atoms with Crippen molar-refractivity contribution in [3.63, 3.8) is 0 Å². The summed E-state index contributed by atoms with van der Waals surface area (Å²) >= 11 is 0. The third kappa shape index (κ3) is 3.41. The van der Waals surface area contributed by atoms with Crippen LogP contribution in [0.25, 0.3) is 0 Å². The molecule has 1 atom stereocenters. The first-order valence-corrected chi connectivity index (χ1v) is 9.76. The predicted octanol–water partition coefficient (Wildman–Crippen LogP) is 3.46. The lowest BCUT2D eigenvalue weighted by Gasteiger charge is -2.49. The van der Waals surface area contributed by atoms with Crippen molar-refractivity contribution in [1.82, 2.24) is 9.80 Å². The van der Waals surface area contributed by atoms with Gasteiger partial charge in [0.2, 0.25) is 11.8 Å². The average molecular weight is 380 g/mol. The van der Waals surface area contributed by atoms with Gasteiger partial charge in [-0.1, -0.05) is 50.2 Å². The van der Waals surface area contributed by atoms with Crippen molar-refractivity contribution >= 4 is 11.8 Å². The Morgan fingerprint density at radius 1 is 1.18 bits per heavy atom. The standard InChI is InChI=1S/C23H25FN2O2/c1-23(2)15-26-20(18-8-3-4-9-19(18)23)13-25(14-22(26)28)21(27)11-10-16-6-5-7-17(24)12-16/h3-9,12,20H,10-11,13-15H2,1-2H3. The number of carbonyl (C=O) groups is 2. The smallest absolute Gasteiger partial charge is 0.242 e. The number of carbonyl (C=O) groups excluding carboxylic acids is 2. The van der Waals surface area contributed by atoms with Crippen molar-refractivity contribution in [3.8, 4) is 0 Å². The Balaban J connectivity index is 1.52. The Bertz CT molecular complexity index is 924. The number of nitrogens with zero attached hydrogens (tertiary/aromatic N) is 2. The second-order valence-electron chi connectivity index (χ2n) is 8.41. The Kier molecular flexibility index (Phi) is 4.69. The number of aryl methyl sites for hydroxylation is 1. The molecule has 2 aliphatic heterocycles. The Hall–Kier alpha value is -2.69. The number of hydrogen-bond donors (Lipinski definition) is 0. The lowest BCUT2D eigenvalue weighted by molar-refractivity contribution is -0.150. The van der Waals surface area contributed by atoms with E-state index in [4.69, 9.17) is 0 Å². The van der Waals surface area contributed by atoms with Gasteiger partial charge in [0.15, 0.2) is 0 Å². The van der Waals surface area contributed by atoms with Crippen molar-refractivity contribution in [1.29, 1.82) is 0 Å². The highest BCUT2D eigenvalue weighted by atomic mass is 19.1. The maximum Gasteiger partial charge on any atom is 0.242 e. The van der Waals surface area contributed by atoms with E-state index >= 15 is 0 Å². The van der Waals surface area contributed by atoms with Gasteiger partial charge in [-0.05, 0) is 35.2 Å². The second-order valence-corrected chi connectivity index (χ2v) is 8.41. The summed E-state index contributed by atoms with van der Waals surface area (Å²) < 4.78 is 13.3. The fourth-order valence-corrected chi connectivity index (χ4v) is 4.47. The summed E-state index contributed by atoms with van der Waals surface area (Å²) in [5.74, 6) is -0.354. The molecule has 2 amide bonds. The molecule has 1 unspecified atom stereocenters. The molecule has 28 heavy (non-hydrogen) atoms. The molecule has 0 aromatic heterocycles. The highest BCUT2D eigenvalue weighted by Gasteiger charge is 2.43. The first-order chi connectivity index (χ1) is 13.3. The molecule has 2 aromatic rings. The van der Waals surface area contributed by atoms with E-state index in [2.05, 4.69) is 26.0 Å². The minimum Gasteiger partial charge on any atom is -0.331 e. The van der Waals surface area contributed by atoms with Crippen LogP contribution in [-0.4, -0.2) is 41.2 Å². The zero-order valence-electron chi connectivity index (χ0n) is 16.3.